The van der Waals surface area contributed by atoms with Gasteiger partial charge in [0.15, 0.2) is 12.6 Å². The third-order valence-electron chi connectivity index (χ3n) is 16.3. The first kappa shape index (κ1) is 41.9. The predicted octanol–water partition coefficient (Wildman–Crippen LogP) is 2.79. The summed E-state index contributed by atoms with van der Waals surface area (Å²) in [5.74, 6) is 0.470. The van der Waals surface area contributed by atoms with E-state index in [4.69, 9.17) is 18.9 Å². The molecule has 0 amide bonds. The number of fused-ring (bicyclic) bond motifs is 5. The van der Waals surface area contributed by atoms with Gasteiger partial charge in [-0.1, -0.05) is 46.3 Å². The fraction of sp³-hybridized carbons (Fsp3) is 0.951. The minimum atomic E-state index is -1.63. The number of rotatable bonds is 10. The molecule has 8 N–H and O–H groups in total. The van der Waals surface area contributed by atoms with Crippen LogP contribution in [0.15, 0.2) is 11.6 Å². The van der Waals surface area contributed by atoms with Crippen molar-refractivity contribution in [3.8, 4) is 0 Å². The average molecular weight is 755 g/mol. The molecule has 4 saturated carbocycles. The van der Waals surface area contributed by atoms with Crippen molar-refractivity contribution in [3.63, 3.8) is 0 Å². The zero-order valence-electron chi connectivity index (χ0n) is 33.2. The molecule has 6 rings (SSSR count). The Hall–Kier alpha value is -0.740. The van der Waals surface area contributed by atoms with Gasteiger partial charge in [0.1, 0.15) is 42.7 Å². The Morgan fingerprint density at radius 1 is 0.755 bits per heavy atom. The summed E-state index contributed by atoms with van der Waals surface area (Å²) in [5.41, 5.74) is -0.185. The zero-order chi connectivity index (χ0) is 39.1. The molecule has 0 aromatic rings. The van der Waals surface area contributed by atoms with Crippen LogP contribution in [0.2, 0.25) is 0 Å². The molecule has 53 heavy (non-hydrogen) atoms. The van der Waals surface area contributed by atoms with Crippen LogP contribution >= 0.6 is 0 Å². The van der Waals surface area contributed by atoms with Gasteiger partial charge in [0.2, 0.25) is 0 Å². The Kier molecular flexibility index (Phi) is 11.8. The maximum absolute atomic E-state index is 12.4. The minimum absolute atomic E-state index is 0.00317. The first-order valence-corrected chi connectivity index (χ1v) is 20.3. The summed E-state index contributed by atoms with van der Waals surface area (Å²) < 4.78 is 24.2. The van der Waals surface area contributed by atoms with Crippen LogP contribution in [0.4, 0.5) is 0 Å². The minimum Gasteiger partial charge on any atom is -0.394 e. The molecule has 0 aromatic carbocycles. The van der Waals surface area contributed by atoms with E-state index in [9.17, 15) is 40.9 Å². The number of allylic oxidation sites excluding steroid dienone is 2. The lowest BCUT2D eigenvalue weighted by atomic mass is 9.35. The van der Waals surface area contributed by atoms with E-state index in [0.29, 0.717) is 31.1 Å². The Bertz CT molecular complexity index is 1320. The number of aliphatic hydroxyl groups is 8. The van der Waals surface area contributed by atoms with E-state index in [1.54, 1.807) is 0 Å². The van der Waals surface area contributed by atoms with Crippen molar-refractivity contribution in [2.45, 2.75) is 186 Å². The van der Waals surface area contributed by atoms with Crippen LogP contribution in [0.5, 0.6) is 0 Å². The summed E-state index contributed by atoms with van der Waals surface area (Å²) in [4.78, 5) is 0. The Balaban J connectivity index is 1.26. The number of aliphatic hydroxyl groups excluding tert-OH is 8. The van der Waals surface area contributed by atoms with Gasteiger partial charge in [0.05, 0.1) is 31.0 Å². The van der Waals surface area contributed by atoms with E-state index in [1.165, 1.54) is 0 Å². The van der Waals surface area contributed by atoms with E-state index >= 15 is 0 Å². The van der Waals surface area contributed by atoms with Crippen molar-refractivity contribution in [2.75, 3.05) is 13.2 Å². The fourth-order valence-corrected chi connectivity index (χ4v) is 13.0. The highest BCUT2D eigenvalue weighted by molar-refractivity contribution is 5.20. The number of hydrogen-bond donors (Lipinski definition) is 8. The van der Waals surface area contributed by atoms with Gasteiger partial charge in [-0.2, -0.15) is 0 Å². The lowest BCUT2D eigenvalue weighted by molar-refractivity contribution is -0.341. The van der Waals surface area contributed by atoms with Gasteiger partial charge < -0.3 is 59.8 Å². The average Bonchev–Trinajstić information content (AvgIpc) is 3.61. The van der Waals surface area contributed by atoms with E-state index in [2.05, 4.69) is 40.7 Å². The topological polar surface area (TPSA) is 199 Å². The highest BCUT2D eigenvalue weighted by Crippen LogP contribution is 2.76. The maximum atomic E-state index is 12.4. The highest BCUT2D eigenvalue weighted by atomic mass is 16.7. The molecule has 4 aliphatic carbocycles. The summed E-state index contributed by atoms with van der Waals surface area (Å²) in [6.45, 7) is 17.0. The largest absolute Gasteiger partial charge is 0.394 e. The van der Waals surface area contributed by atoms with Gasteiger partial charge in [-0.25, -0.2) is 0 Å². The van der Waals surface area contributed by atoms with Gasteiger partial charge >= 0.3 is 0 Å². The normalized spacial score (nSPS) is 51.9. The van der Waals surface area contributed by atoms with Gasteiger partial charge in [-0.05, 0) is 124 Å². The van der Waals surface area contributed by atoms with Crippen molar-refractivity contribution in [3.05, 3.63) is 11.6 Å². The van der Waals surface area contributed by atoms with Crippen molar-refractivity contribution >= 4 is 0 Å². The van der Waals surface area contributed by atoms with Crippen LogP contribution in [0, 0.1) is 45.3 Å². The highest BCUT2D eigenvalue weighted by Gasteiger charge is 2.71. The molecular formula is C41H70O12. The molecule has 0 radical (unpaired) electrons. The molecule has 2 heterocycles. The van der Waals surface area contributed by atoms with E-state index < -0.39 is 73.6 Å². The van der Waals surface area contributed by atoms with E-state index in [1.807, 2.05) is 20.8 Å². The Morgan fingerprint density at radius 2 is 1.38 bits per heavy atom. The third kappa shape index (κ3) is 6.80. The maximum Gasteiger partial charge on any atom is 0.187 e. The molecular weight excluding hydrogens is 684 g/mol. The summed E-state index contributed by atoms with van der Waals surface area (Å²) in [6, 6.07) is 0. The molecule has 0 aromatic heterocycles. The molecule has 0 spiro atoms. The smallest absolute Gasteiger partial charge is 0.187 e. The molecule has 19 atom stereocenters. The first-order valence-electron chi connectivity index (χ1n) is 20.3. The number of hydrogen-bond acceptors (Lipinski definition) is 12. The van der Waals surface area contributed by atoms with Gasteiger partial charge in [0, 0.05) is 0 Å². The van der Waals surface area contributed by atoms with Crippen LogP contribution in [0.3, 0.4) is 0 Å². The summed E-state index contributed by atoms with van der Waals surface area (Å²) in [5, 5.41) is 86.7. The van der Waals surface area contributed by atoms with Crippen LogP contribution in [-0.4, -0.2) is 127 Å². The molecule has 6 fully saturated rings. The molecule has 12 heteroatoms. The first-order chi connectivity index (χ1) is 24.7. The SMILES string of the molecule is CC(C)=CCC[C@](C)(O[C@@H]1O[C@H](CO[C@@H]2O[C@@H](CO)[C@H](O)[C@H]2O)[C@@H](O)[C@H](O)[C@H]1O)[C@H]1CC[C@]2(C)[C@@H]1[C@H](O)C[C@@H]1[C@@]3(C)CC[C@H](O)C(C)(C)[C@@H]3CC[C@]12C. The van der Waals surface area contributed by atoms with Crippen LogP contribution in [0.25, 0.3) is 0 Å². The van der Waals surface area contributed by atoms with Crippen molar-refractivity contribution in [1.29, 1.82) is 0 Å². The second-order valence-corrected chi connectivity index (χ2v) is 19.6. The Morgan fingerprint density at radius 3 is 2.02 bits per heavy atom. The van der Waals surface area contributed by atoms with Crippen LogP contribution < -0.4 is 0 Å². The lowest BCUT2D eigenvalue weighted by Gasteiger charge is -2.70. The molecule has 0 bridgehead atoms. The van der Waals surface area contributed by atoms with E-state index in [-0.39, 0.29) is 46.2 Å². The van der Waals surface area contributed by atoms with Gasteiger partial charge in [0.25, 0.3) is 0 Å². The second kappa shape index (κ2) is 14.9. The molecule has 2 aliphatic heterocycles. The summed E-state index contributed by atoms with van der Waals surface area (Å²) >= 11 is 0. The molecule has 0 unspecified atom stereocenters. The molecule has 12 nitrogen and oxygen atoms in total. The van der Waals surface area contributed by atoms with Crippen molar-refractivity contribution in [1.82, 2.24) is 0 Å². The van der Waals surface area contributed by atoms with Crippen LogP contribution in [0.1, 0.15) is 113 Å². The van der Waals surface area contributed by atoms with Gasteiger partial charge in [-0.3, -0.25) is 0 Å². The standard InChI is InChI=1S/C41H70O12/c1-21(2)10-9-14-41(8,53-36-34(49)32(47)31(46)25(52-36)20-50-35-33(48)30(45)24(19-42)51-35)22-11-16-40(7)29(22)23(43)18-27-38(5)15-13-28(44)37(3,4)26(38)12-17-39(27,40)6/h10,22-36,42-49H,9,11-20H2,1-8H3/t22-,23+,24-,25+,26-,27+,28-,29-,30-,31+,32-,33+,34+,35+,36-,38-,39+,40+,41-/m0/s1. The quantitative estimate of drug-likeness (QED) is 0.152. The van der Waals surface area contributed by atoms with Crippen molar-refractivity contribution in [2.24, 2.45) is 45.3 Å². The monoisotopic (exact) mass is 754 g/mol. The molecule has 6 aliphatic rings. The predicted molar refractivity (Wildman–Crippen MR) is 195 cm³/mol. The molecule has 2 saturated heterocycles. The third-order valence-corrected chi connectivity index (χ3v) is 16.3. The van der Waals surface area contributed by atoms with E-state index in [0.717, 1.165) is 44.1 Å². The molecule has 306 valence electrons. The summed E-state index contributed by atoms with van der Waals surface area (Å²) in [6.07, 6.45) is -3.70. The summed E-state index contributed by atoms with van der Waals surface area (Å²) in [7, 11) is 0. The Labute approximate surface area is 315 Å². The fourth-order valence-electron chi connectivity index (χ4n) is 13.0. The van der Waals surface area contributed by atoms with Crippen LogP contribution in [-0.2, 0) is 18.9 Å². The van der Waals surface area contributed by atoms with Crippen molar-refractivity contribution < 1.29 is 59.8 Å². The zero-order valence-corrected chi connectivity index (χ0v) is 33.2. The number of ether oxygens (including phenoxy) is 4. The lowest BCUT2D eigenvalue weighted by Crippen LogP contribution is -2.67. The van der Waals surface area contributed by atoms with Gasteiger partial charge in [-0.15, -0.1) is 0 Å². The second-order valence-electron chi connectivity index (χ2n) is 19.6.